The number of piperidine rings is 1. The Bertz CT molecular complexity index is 448. The molecule has 2 aliphatic rings. The minimum Gasteiger partial charge on any atom is -0.314 e. The van der Waals surface area contributed by atoms with E-state index in [1.165, 1.54) is 51.4 Å². The lowest BCUT2D eigenvalue weighted by atomic mass is 9.88. The first kappa shape index (κ1) is 15.0. The molecule has 3 heteroatoms. The molecule has 2 heterocycles. The fourth-order valence-corrected chi connectivity index (χ4v) is 4.01. The Morgan fingerprint density at radius 2 is 2.10 bits per heavy atom. The fraction of sp³-hybridized carbons (Fsp3) is 0.667. The van der Waals surface area contributed by atoms with Crippen molar-refractivity contribution in [3.63, 3.8) is 0 Å². The van der Waals surface area contributed by atoms with Crippen LogP contribution in [-0.2, 0) is 6.42 Å². The minimum atomic E-state index is -0.120. The molecule has 0 bridgehead atoms. The Morgan fingerprint density at radius 3 is 2.76 bits per heavy atom. The zero-order valence-corrected chi connectivity index (χ0v) is 13.0. The zero-order valence-electron chi connectivity index (χ0n) is 13.0. The van der Waals surface area contributed by atoms with Crippen molar-refractivity contribution < 1.29 is 4.39 Å². The number of rotatable bonds is 4. The molecular weight excluding hydrogens is 263 g/mol. The van der Waals surface area contributed by atoms with E-state index in [1.54, 1.807) is 6.07 Å². The monoisotopic (exact) mass is 290 g/mol. The van der Waals surface area contributed by atoms with E-state index >= 15 is 0 Å². The highest BCUT2D eigenvalue weighted by molar-refractivity contribution is 5.17. The van der Waals surface area contributed by atoms with Crippen LogP contribution in [0.25, 0.3) is 0 Å². The zero-order chi connectivity index (χ0) is 14.7. The van der Waals surface area contributed by atoms with Crippen LogP contribution in [0, 0.1) is 11.7 Å². The van der Waals surface area contributed by atoms with Crippen LogP contribution in [-0.4, -0.2) is 36.6 Å². The predicted molar refractivity (Wildman–Crippen MR) is 84.9 cm³/mol. The fourth-order valence-electron chi connectivity index (χ4n) is 4.01. The highest BCUT2D eigenvalue weighted by Gasteiger charge is 2.29. The molecule has 2 aliphatic heterocycles. The molecular formula is C18H27FN2. The van der Waals surface area contributed by atoms with Crippen molar-refractivity contribution in [2.45, 2.75) is 51.1 Å². The SMILES string of the molecule is CC(Cc1cccc(F)c1)N1CCC(C2CCCN2)CC1. The predicted octanol–water partition coefficient (Wildman–Crippen LogP) is 3.22. The maximum Gasteiger partial charge on any atom is 0.123 e. The van der Waals surface area contributed by atoms with Crippen LogP contribution >= 0.6 is 0 Å². The molecule has 1 aromatic carbocycles. The normalized spacial score (nSPS) is 26.1. The molecule has 0 aliphatic carbocycles. The second-order valence-electron chi connectivity index (χ2n) is 6.76. The molecule has 0 aromatic heterocycles. The smallest absolute Gasteiger partial charge is 0.123 e. The van der Waals surface area contributed by atoms with Crippen molar-refractivity contribution in [2.75, 3.05) is 19.6 Å². The third-order valence-electron chi connectivity index (χ3n) is 5.29. The molecule has 2 nitrogen and oxygen atoms in total. The van der Waals surface area contributed by atoms with E-state index in [1.807, 2.05) is 12.1 Å². The number of nitrogens with zero attached hydrogens (tertiary/aromatic N) is 1. The number of hydrogen-bond acceptors (Lipinski definition) is 2. The van der Waals surface area contributed by atoms with E-state index in [0.29, 0.717) is 6.04 Å². The van der Waals surface area contributed by atoms with Gasteiger partial charge in [-0.05, 0) is 82.3 Å². The van der Waals surface area contributed by atoms with Crippen molar-refractivity contribution in [3.05, 3.63) is 35.6 Å². The number of benzene rings is 1. The molecule has 1 aromatic rings. The van der Waals surface area contributed by atoms with E-state index in [4.69, 9.17) is 0 Å². The third kappa shape index (κ3) is 3.83. The molecule has 2 saturated heterocycles. The molecule has 2 unspecified atom stereocenters. The average Bonchev–Trinajstić information content (AvgIpc) is 3.01. The largest absolute Gasteiger partial charge is 0.314 e. The van der Waals surface area contributed by atoms with Crippen molar-refractivity contribution >= 4 is 0 Å². The Morgan fingerprint density at radius 1 is 1.29 bits per heavy atom. The Labute approximate surface area is 127 Å². The van der Waals surface area contributed by atoms with Gasteiger partial charge in [-0.1, -0.05) is 12.1 Å². The first-order valence-electron chi connectivity index (χ1n) is 8.44. The molecule has 116 valence electrons. The number of halogens is 1. The summed E-state index contributed by atoms with van der Waals surface area (Å²) in [5, 5.41) is 3.66. The molecule has 0 amide bonds. The van der Waals surface area contributed by atoms with Gasteiger partial charge in [-0.3, -0.25) is 0 Å². The number of nitrogens with one attached hydrogen (secondary N) is 1. The van der Waals surface area contributed by atoms with Crippen molar-refractivity contribution in [3.8, 4) is 0 Å². The molecule has 0 spiro atoms. The van der Waals surface area contributed by atoms with Gasteiger partial charge >= 0.3 is 0 Å². The summed E-state index contributed by atoms with van der Waals surface area (Å²) in [6.45, 7) is 5.87. The van der Waals surface area contributed by atoms with E-state index < -0.39 is 0 Å². The molecule has 0 saturated carbocycles. The van der Waals surface area contributed by atoms with Gasteiger partial charge in [0, 0.05) is 12.1 Å². The van der Waals surface area contributed by atoms with Gasteiger partial charge in [0.25, 0.3) is 0 Å². The van der Waals surface area contributed by atoms with Crippen molar-refractivity contribution in [1.82, 2.24) is 10.2 Å². The van der Waals surface area contributed by atoms with Crippen LogP contribution < -0.4 is 5.32 Å². The van der Waals surface area contributed by atoms with Gasteiger partial charge in [0.05, 0.1) is 0 Å². The summed E-state index contributed by atoms with van der Waals surface area (Å²) in [4.78, 5) is 2.58. The Kier molecular flexibility index (Phi) is 4.91. The van der Waals surface area contributed by atoms with Crippen molar-refractivity contribution in [2.24, 2.45) is 5.92 Å². The Balaban J connectivity index is 1.49. The van der Waals surface area contributed by atoms with Crippen LogP contribution in [0.15, 0.2) is 24.3 Å². The number of likely N-dealkylation sites (tertiary alicyclic amines) is 1. The van der Waals surface area contributed by atoms with Gasteiger partial charge in [0.1, 0.15) is 5.82 Å². The van der Waals surface area contributed by atoms with E-state index in [0.717, 1.165) is 23.9 Å². The maximum atomic E-state index is 13.3. The van der Waals surface area contributed by atoms with Crippen LogP contribution in [0.2, 0.25) is 0 Å². The Hall–Kier alpha value is -0.930. The third-order valence-corrected chi connectivity index (χ3v) is 5.29. The molecule has 2 fully saturated rings. The summed E-state index contributed by atoms with van der Waals surface area (Å²) < 4.78 is 13.3. The van der Waals surface area contributed by atoms with Gasteiger partial charge in [-0.15, -0.1) is 0 Å². The molecule has 2 atom stereocenters. The maximum absolute atomic E-state index is 13.3. The average molecular weight is 290 g/mol. The topological polar surface area (TPSA) is 15.3 Å². The van der Waals surface area contributed by atoms with Gasteiger partial charge in [-0.25, -0.2) is 4.39 Å². The van der Waals surface area contributed by atoms with Gasteiger partial charge in [0.2, 0.25) is 0 Å². The summed E-state index contributed by atoms with van der Waals surface area (Å²) in [6.07, 6.45) is 6.28. The summed E-state index contributed by atoms with van der Waals surface area (Å²) >= 11 is 0. The summed E-state index contributed by atoms with van der Waals surface area (Å²) in [7, 11) is 0. The standard InChI is InChI=1S/C18H27FN2/c1-14(12-15-4-2-5-17(19)13-15)21-10-7-16(8-11-21)18-6-3-9-20-18/h2,4-5,13-14,16,18,20H,3,6-12H2,1H3. The van der Waals surface area contributed by atoms with Crippen LogP contribution in [0.3, 0.4) is 0 Å². The van der Waals surface area contributed by atoms with E-state index in [-0.39, 0.29) is 5.82 Å². The van der Waals surface area contributed by atoms with Gasteiger partial charge < -0.3 is 10.2 Å². The van der Waals surface area contributed by atoms with E-state index in [2.05, 4.69) is 17.1 Å². The summed E-state index contributed by atoms with van der Waals surface area (Å²) in [5.41, 5.74) is 1.11. The van der Waals surface area contributed by atoms with Crippen molar-refractivity contribution in [1.29, 1.82) is 0 Å². The van der Waals surface area contributed by atoms with Crippen LogP contribution in [0.5, 0.6) is 0 Å². The lowest BCUT2D eigenvalue weighted by molar-refractivity contribution is 0.126. The first-order chi connectivity index (χ1) is 10.2. The quantitative estimate of drug-likeness (QED) is 0.916. The second-order valence-corrected chi connectivity index (χ2v) is 6.76. The van der Waals surface area contributed by atoms with E-state index in [9.17, 15) is 4.39 Å². The molecule has 0 radical (unpaired) electrons. The lowest BCUT2D eigenvalue weighted by Gasteiger charge is -2.38. The van der Waals surface area contributed by atoms with Crippen LogP contribution in [0.4, 0.5) is 4.39 Å². The second kappa shape index (κ2) is 6.89. The highest BCUT2D eigenvalue weighted by atomic mass is 19.1. The molecule has 3 rings (SSSR count). The van der Waals surface area contributed by atoms with Gasteiger partial charge in [0.15, 0.2) is 0 Å². The number of hydrogen-bond donors (Lipinski definition) is 1. The lowest BCUT2D eigenvalue weighted by Crippen LogP contribution is -2.44. The molecule has 21 heavy (non-hydrogen) atoms. The first-order valence-corrected chi connectivity index (χ1v) is 8.44. The van der Waals surface area contributed by atoms with Gasteiger partial charge in [-0.2, -0.15) is 0 Å². The summed E-state index contributed by atoms with van der Waals surface area (Å²) in [6, 6.07) is 8.32. The molecule has 1 N–H and O–H groups in total. The minimum absolute atomic E-state index is 0.120. The highest BCUT2D eigenvalue weighted by Crippen LogP contribution is 2.27. The summed E-state index contributed by atoms with van der Waals surface area (Å²) in [5.74, 6) is 0.746. The van der Waals surface area contributed by atoms with Crippen LogP contribution in [0.1, 0.15) is 38.2 Å².